The van der Waals surface area contributed by atoms with E-state index in [2.05, 4.69) is 34.3 Å². The highest BCUT2D eigenvalue weighted by atomic mass is 35.5. The molecule has 3 rings (SSSR count). The third-order valence-electron chi connectivity index (χ3n) is 4.48. The lowest BCUT2D eigenvalue weighted by Gasteiger charge is -2.34. The van der Waals surface area contributed by atoms with Crippen LogP contribution in [0.3, 0.4) is 0 Å². The molecule has 24 heavy (non-hydrogen) atoms. The van der Waals surface area contributed by atoms with E-state index in [0.29, 0.717) is 11.7 Å². The van der Waals surface area contributed by atoms with Gasteiger partial charge in [0, 0.05) is 18.3 Å². The van der Waals surface area contributed by atoms with Crippen LogP contribution in [-0.4, -0.2) is 41.5 Å². The molecule has 0 spiro atoms. The molecule has 0 bridgehead atoms. The van der Waals surface area contributed by atoms with Crippen LogP contribution in [0.25, 0.3) is 11.3 Å². The molecule has 1 saturated heterocycles. The van der Waals surface area contributed by atoms with Crippen LogP contribution in [0.5, 0.6) is 0 Å². The average molecular weight is 348 g/mol. The van der Waals surface area contributed by atoms with Gasteiger partial charge in [0.2, 0.25) is 0 Å². The van der Waals surface area contributed by atoms with Gasteiger partial charge in [-0.2, -0.15) is 0 Å². The minimum atomic E-state index is 0. The number of amides is 1. The molecule has 2 heterocycles. The smallest absolute Gasteiger partial charge is 0.270 e. The minimum Gasteiger partial charge on any atom is -0.351 e. The maximum atomic E-state index is 13.0. The van der Waals surface area contributed by atoms with Gasteiger partial charge in [-0.15, -0.1) is 12.4 Å². The van der Waals surface area contributed by atoms with E-state index in [1.165, 1.54) is 0 Å². The van der Waals surface area contributed by atoms with Gasteiger partial charge in [-0.05, 0) is 50.0 Å². The van der Waals surface area contributed by atoms with Crippen molar-refractivity contribution in [1.29, 1.82) is 0 Å². The molecule has 0 unspecified atom stereocenters. The second-order valence-corrected chi connectivity index (χ2v) is 6.13. The van der Waals surface area contributed by atoms with E-state index in [1.54, 1.807) is 0 Å². The second kappa shape index (κ2) is 8.90. The van der Waals surface area contributed by atoms with Gasteiger partial charge < -0.3 is 15.2 Å². The molecular formula is C19H26ClN3O. The largest absolute Gasteiger partial charge is 0.351 e. The SMILES string of the molecule is CCCN(C(=O)c1ccc(-c2ccccc2)[nH]1)C1CCNCC1.Cl. The molecule has 1 aromatic carbocycles. The first-order chi connectivity index (χ1) is 11.3. The normalized spacial score (nSPS) is 14.9. The van der Waals surface area contributed by atoms with Gasteiger partial charge in [0.1, 0.15) is 5.69 Å². The van der Waals surface area contributed by atoms with E-state index >= 15 is 0 Å². The van der Waals surface area contributed by atoms with Crippen LogP contribution in [-0.2, 0) is 0 Å². The number of rotatable bonds is 5. The van der Waals surface area contributed by atoms with Gasteiger partial charge >= 0.3 is 0 Å². The van der Waals surface area contributed by atoms with Crippen LogP contribution in [0.4, 0.5) is 0 Å². The number of nitrogens with zero attached hydrogens (tertiary/aromatic N) is 1. The summed E-state index contributed by atoms with van der Waals surface area (Å²) in [5.74, 6) is 0.126. The lowest BCUT2D eigenvalue weighted by Crippen LogP contribution is -2.46. The first-order valence-electron chi connectivity index (χ1n) is 8.55. The fourth-order valence-corrected chi connectivity index (χ4v) is 3.27. The number of benzene rings is 1. The van der Waals surface area contributed by atoms with E-state index in [-0.39, 0.29) is 18.3 Å². The zero-order valence-electron chi connectivity index (χ0n) is 14.1. The quantitative estimate of drug-likeness (QED) is 0.866. The fourth-order valence-electron chi connectivity index (χ4n) is 3.27. The number of H-pyrrole nitrogens is 1. The summed E-state index contributed by atoms with van der Waals surface area (Å²) in [5, 5.41) is 3.37. The molecular weight excluding hydrogens is 322 g/mol. The van der Waals surface area contributed by atoms with Crippen LogP contribution < -0.4 is 5.32 Å². The number of carbonyl (C=O) groups is 1. The molecule has 0 saturated carbocycles. The highest BCUT2D eigenvalue weighted by molar-refractivity contribution is 5.93. The summed E-state index contributed by atoms with van der Waals surface area (Å²) in [6.45, 7) is 4.95. The van der Waals surface area contributed by atoms with Crippen LogP contribution in [0.2, 0.25) is 0 Å². The Hall–Kier alpha value is -1.78. The molecule has 0 radical (unpaired) electrons. The van der Waals surface area contributed by atoms with Gasteiger partial charge in [-0.25, -0.2) is 0 Å². The summed E-state index contributed by atoms with van der Waals surface area (Å²) in [4.78, 5) is 18.3. The molecule has 1 aliphatic rings. The third-order valence-corrected chi connectivity index (χ3v) is 4.48. The first-order valence-corrected chi connectivity index (χ1v) is 8.55. The van der Waals surface area contributed by atoms with Crippen molar-refractivity contribution in [2.24, 2.45) is 0 Å². The lowest BCUT2D eigenvalue weighted by molar-refractivity contribution is 0.0637. The predicted octanol–water partition coefficient (Wildman–Crippen LogP) is 3.71. The fraction of sp³-hybridized carbons (Fsp3) is 0.421. The second-order valence-electron chi connectivity index (χ2n) is 6.13. The molecule has 2 aromatic rings. The summed E-state index contributed by atoms with van der Waals surface area (Å²) in [6.07, 6.45) is 3.07. The van der Waals surface area contributed by atoms with Crippen LogP contribution in [0, 0.1) is 0 Å². The van der Waals surface area contributed by atoms with Crippen molar-refractivity contribution in [1.82, 2.24) is 15.2 Å². The van der Waals surface area contributed by atoms with Crippen molar-refractivity contribution in [2.45, 2.75) is 32.2 Å². The van der Waals surface area contributed by atoms with Crippen molar-refractivity contribution in [3.05, 3.63) is 48.2 Å². The van der Waals surface area contributed by atoms with Crippen molar-refractivity contribution in [3.8, 4) is 11.3 Å². The Balaban J connectivity index is 0.00000208. The Bertz CT molecular complexity index is 635. The zero-order chi connectivity index (χ0) is 16.1. The molecule has 4 nitrogen and oxygen atoms in total. The van der Waals surface area contributed by atoms with E-state index in [0.717, 1.165) is 50.2 Å². The standard InChI is InChI=1S/C19H25N3O.ClH/c1-2-14-22(16-10-12-20-13-11-16)19(23)18-9-8-17(21-18)15-6-4-3-5-7-15;/h3-9,16,20-21H,2,10-14H2,1H3;1H. The Morgan fingerprint density at radius 1 is 1.12 bits per heavy atom. The van der Waals surface area contributed by atoms with Gasteiger partial charge in [-0.3, -0.25) is 4.79 Å². The summed E-state index contributed by atoms with van der Waals surface area (Å²) in [5.41, 5.74) is 2.79. The number of carbonyl (C=O) groups excluding carboxylic acids is 1. The number of aromatic amines is 1. The van der Waals surface area contributed by atoms with Gasteiger partial charge in [0.05, 0.1) is 0 Å². The summed E-state index contributed by atoms with van der Waals surface area (Å²) in [6, 6.07) is 14.4. The Labute approximate surface area is 150 Å². The average Bonchev–Trinajstić information content (AvgIpc) is 3.11. The van der Waals surface area contributed by atoms with E-state index in [4.69, 9.17) is 0 Å². The van der Waals surface area contributed by atoms with Gasteiger partial charge in [0.25, 0.3) is 5.91 Å². The number of hydrogen-bond donors (Lipinski definition) is 2. The van der Waals surface area contributed by atoms with Crippen molar-refractivity contribution >= 4 is 18.3 Å². The van der Waals surface area contributed by atoms with Crippen molar-refractivity contribution in [2.75, 3.05) is 19.6 Å². The number of nitrogens with one attached hydrogen (secondary N) is 2. The third kappa shape index (κ3) is 4.19. The number of hydrogen-bond acceptors (Lipinski definition) is 2. The van der Waals surface area contributed by atoms with Gasteiger partial charge in [0.15, 0.2) is 0 Å². The zero-order valence-corrected chi connectivity index (χ0v) is 14.9. The Kier molecular flexibility index (Phi) is 6.88. The molecule has 0 atom stereocenters. The monoisotopic (exact) mass is 347 g/mol. The number of piperidine rings is 1. The summed E-state index contributed by atoms with van der Waals surface area (Å²) >= 11 is 0. The molecule has 1 amide bonds. The van der Waals surface area contributed by atoms with E-state index in [9.17, 15) is 4.79 Å². The molecule has 130 valence electrons. The summed E-state index contributed by atoms with van der Waals surface area (Å²) in [7, 11) is 0. The predicted molar refractivity (Wildman–Crippen MR) is 101 cm³/mol. The first kappa shape index (κ1) is 18.6. The van der Waals surface area contributed by atoms with Crippen molar-refractivity contribution in [3.63, 3.8) is 0 Å². The van der Waals surface area contributed by atoms with E-state index in [1.807, 2.05) is 30.3 Å². The number of aromatic nitrogens is 1. The van der Waals surface area contributed by atoms with Crippen LogP contribution >= 0.6 is 12.4 Å². The molecule has 1 fully saturated rings. The topological polar surface area (TPSA) is 48.1 Å². The van der Waals surface area contributed by atoms with Crippen molar-refractivity contribution < 1.29 is 4.79 Å². The summed E-state index contributed by atoms with van der Waals surface area (Å²) < 4.78 is 0. The maximum absolute atomic E-state index is 13.0. The molecule has 1 aliphatic heterocycles. The highest BCUT2D eigenvalue weighted by Gasteiger charge is 2.26. The highest BCUT2D eigenvalue weighted by Crippen LogP contribution is 2.21. The van der Waals surface area contributed by atoms with E-state index < -0.39 is 0 Å². The molecule has 5 heteroatoms. The molecule has 0 aliphatic carbocycles. The van der Waals surface area contributed by atoms with Crippen LogP contribution in [0.1, 0.15) is 36.7 Å². The number of halogens is 1. The van der Waals surface area contributed by atoms with Crippen LogP contribution in [0.15, 0.2) is 42.5 Å². The molecule has 1 aromatic heterocycles. The Morgan fingerprint density at radius 2 is 1.83 bits per heavy atom. The maximum Gasteiger partial charge on any atom is 0.270 e. The minimum absolute atomic E-state index is 0. The molecule has 2 N–H and O–H groups in total. The van der Waals surface area contributed by atoms with Gasteiger partial charge in [-0.1, -0.05) is 37.3 Å². The lowest BCUT2D eigenvalue weighted by atomic mass is 10.0. The Morgan fingerprint density at radius 3 is 2.50 bits per heavy atom.